The molecule has 36 heavy (non-hydrogen) atoms. The highest BCUT2D eigenvalue weighted by molar-refractivity contribution is 5.85. The molecule has 2 atom stereocenters. The van der Waals surface area contributed by atoms with Gasteiger partial charge in [-0.05, 0) is 54.8 Å². The molecule has 3 aromatic carbocycles. The van der Waals surface area contributed by atoms with E-state index in [1.54, 1.807) is 42.5 Å². The van der Waals surface area contributed by atoms with Gasteiger partial charge in [0.1, 0.15) is 17.6 Å². The van der Waals surface area contributed by atoms with E-state index in [1.807, 2.05) is 18.2 Å². The van der Waals surface area contributed by atoms with Crippen molar-refractivity contribution in [3.63, 3.8) is 0 Å². The smallest absolute Gasteiger partial charge is 0.412 e. The lowest BCUT2D eigenvalue weighted by molar-refractivity contribution is -0.131. The third kappa shape index (κ3) is 6.69. The van der Waals surface area contributed by atoms with Gasteiger partial charge >= 0.3 is 12.1 Å². The second kappa shape index (κ2) is 11.7. The van der Waals surface area contributed by atoms with Crippen LogP contribution in [0.15, 0.2) is 84.9 Å². The Morgan fingerprint density at radius 2 is 1.75 bits per heavy atom. The Bertz CT molecular complexity index is 1210. The molecule has 0 bridgehead atoms. The van der Waals surface area contributed by atoms with Crippen LogP contribution in [0.3, 0.4) is 0 Å². The monoisotopic (exact) mass is 491 g/mol. The van der Waals surface area contributed by atoms with E-state index in [2.05, 4.69) is 5.32 Å². The fraction of sp³-hybridized carbons (Fsp3) is 0.185. The average Bonchev–Trinajstić information content (AvgIpc) is 3.34. The van der Waals surface area contributed by atoms with E-state index in [4.69, 9.17) is 24.1 Å². The van der Waals surface area contributed by atoms with Crippen molar-refractivity contribution in [2.45, 2.75) is 25.0 Å². The van der Waals surface area contributed by atoms with Gasteiger partial charge < -0.3 is 29.2 Å². The number of fused-ring (bicyclic) bond motifs is 1. The molecule has 0 fully saturated rings. The summed E-state index contributed by atoms with van der Waals surface area (Å²) >= 11 is 0. The molecule has 0 radical (unpaired) electrons. The zero-order chi connectivity index (χ0) is 25.3. The third-order valence-electron chi connectivity index (χ3n) is 5.32. The summed E-state index contributed by atoms with van der Waals surface area (Å²) in [6.45, 7) is 0.112. The Morgan fingerprint density at radius 1 is 1.00 bits per heavy atom. The standard InChI is InChI=1S/C27H25NO8/c29-20-13-10-18(11-14-20)26(36-27(32)28-19-12-15-22-24(16-19)34-17-33-22)23(8-4-5-9-25(30)31)35-21-6-2-1-3-7-21/h1-3,5-7,9-16,23,26,29H,4,8,17H2,(H,28,32)(H,30,31)/b9-5+/t23-,26-/m0/s1. The summed E-state index contributed by atoms with van der Waals surface area (Å²) in [5, 5.41) is 21.4. The number of ether oxygens (including phenoxy) is 4. The normalized spacial score (nSPS) is 13.7. The molecule has 9 heteroatoms. The van der Waals surface area contributed by atoms with Gasteiger partial charge in [0.15, 0.2) is 17.6 Å². The van der Waals surface area contributed by atoms with Crippen LogP contribution in [0.4, 0.5) is 10.5 Å². The number of carbonyl (C=O) groups excluding carboxylic acids is 1. The van der Waals surface area contributed by atoms with Gasteiger partial charge in [-0.25, -0.2) is 9.59 Å². The minimum Gasteiger partial charge on any atom is -0.508 e. The summed E-state index contributed by atoms with van der Waals surface area (Å²) in [5.41, 5.74) is 1.05. The van der Waals surface area contributed by atoms with Crippen molar-refractivity contribution in [3.05, 3.63) is 90.5 Å². The summed E-state index contributed by atoms with van der Waals surface area (Å²) in [6, 6.07) is 20.3. The minimum absolute atomic E-state index is 0.0623. The van der Waals surface area contributed by atoms with Crippen molar-refractivity contribution in [1.29, 1.82) is 0 Å². The second-order valence-electron chi connectivity index (χ2n) is 7.90. The number of rotatable bonds is 10. The zero-order valence-electron chi connectivity index (χ0n) is 19.2. The minimum atomic E-state index is -1.05. The first-order valence-electron chi connectivity index (χ1n) is 11.3. The first-order chi connectivity index (χ1) is 17.5. The van der Waals surface area contributed by atoms with Gasteiger partial charge in [-0.2, -0.15) is 0 Å². The third-order valence-corrected chi connectivity index (χ3v) is 5.32. The predicted molar refractivity (Wildman–Crippen MR) is 130 cm³/mol. The number of carboxylic acid groups (broad SMARTS) is 1. The number of allylic oxidation sites excluding steroid dienone is 1. The molecule has 3 N–H and O–H groups in total. The average molecular weight is 491 g/mol. The van der Waals surface area contributed by atoms with Crippen LogP contribution in [0.5, 0.6) is 23.0 Å². The van der Waals surface area contributed by atoms with Crippen molar-refractivity contribution in [2.24, 2.45) is 0 Å². The molecule has 1 aliphatic rings. The number of hydrogen-bond acceptors (Lipinski definition) is 7. The fourth-order valence-corrected chi connectivity index (χ4v) is 3.65. The van der Waals surface area contributed by atoms with E-state index >= 15 is 0 Å². The van der Waals surface area contributed by atoms with Crippen molar-refractivity contribution in [2.75, 3.05) is 12.1 Å². The second-order valence-corrected chi connectivity index (χ2v) is 7.90. The molecule has 3 aromatic rings. The number of phenolic OH excluding ortho intramolecular Hbond substituents is 1. The van der Waals surface area contributed by atoms with E-state index in [0.29, 0.717) is 41.3 Å². The quantitative estimate of drug-likeness (QED) is 0.327. The molecule has 0 aliphatic carbocycles. The van der Waals surface area contributed by atoms with Gasteiger partial charge in [0, 0.05) is 17.8 Å². The molecule has 0 saturated carbocycles. The van der Waals surface area contributed by atoms with Gasteiger partial charge in [-0.3, -0.25) is 5.32 Å². The number of phenols is 1. The topological polar surface area (TPSA) is 124 Å². The van der Waals surface area contributed by atoms with E-state index in [0.717, 1.165) is 6.08 Å². The highest BCUT2D eigenvalue weighted by atomic mass is 16.7. The molecule has 0 saturated heterocycles. The van der Waals surface area contributed by atoms with Gasteiger partial charge in [0.2, 0.25) is 6.79 Å². The molecule has 4 rings (SSSR count). The van der Waals surface area contributed by atoms with Crippen molar-refractivity contribution in [1.82, 2.24) is 0 Å². The number of nitrogens with one attached hydrogen (secondary N) is 1. The van der Waals surface area contributed by atoms with E-state index in [9.17, 15) is 14.7 Å². The van der Waals surface area contributed by atoms with Gasteiger partial charge in [-0.1, -0.05) is 36.4 Å². The maximum atomic E-state index is 12.9. The Kier molecular flexibility index (Phi) is 7.92. The lowest BCUT2D eigenvalue weighted by Crippen LogP contribution is -2.31. The molecule has 0 aromatic heterocycles. The van der Waals surface area contributed by atoms with Crippen molar-refractivity contribution < 1.29 is 38.7 Å². The first-order valence-corrected chi connectivity index (χ1v) is 11.3. The molecule has 1 aliphatic heterocycles. The highest BCUT2D eigenvalue weighted by Crippen LogP contribution is 2.35. The summed E-state index contributed by atoms with van der Waals surface area (Å²) in [5.74, 6) is 0.672. The number of carboxylic acids is 1. The van der Waals surface area contributed by atoms with Crippen LogP contribution in [0.1, 0.15) is 24.5 Å². The summed E-state index contributed by atoms with van der Waals surface area (Å²) in [4.78, 5) is 23.8. The highest BCUT2D eigenvalue weighted by Gasteiger charge is 2.29. The van der Waals surface area contributed by atoms with E-state index in [1.165, 1.54) is 18.2 Å². The lowest BCUT2D eigenvalue weighted by Gasteiger charge is -2.28. The fourth-order valence-electron chi connectivity index (χ4n) is 3.65. The molecule has 1 amide bonds. The van der Waals surface area contributed by atoms with Crippen LogP contribution in [-0.2, 0) is 9.53 Å². The van der Waals surface area contributed by atoms with Gasteiger partial charge in [0.05, 0.1) is 0 Å². The molecule has 0 spiro atoms. The summed E-state index contributed by atoms with van der Waals surface area (Å²) < 4.78 is 22.7. The number of amides is 1. The maximum Gasteiger partial charge on any atom is 0.412 e. The Hall–Kier alpha value is -4.66. The molecule has 186 valence electrons. The van der Waals surface area contributed by atoms with Crippen molar-refractivity contribution >= 4 is 17.7 Å². The maximum absolute atomic E-state index is 12.9. The van der Waals surface area contributed by atoms with Crippen LogP contribution in [0, 0.1) is 0 Å². The van der Waals surface area contributed by atoms with Gasteiger partial charge in [-0.15, -0.1) is 0 Å². The Balaban J connectivity index is 1.57. The number of benzene rings is 3. The number of aliphatic carboxylic acids is 1. The first kappa shape index (κ1) is 24.5. The number of para-hydroxylation sites is 1. The SMILES string of the molecule is O=C(O)/C=C/CC[C@H](Oc1ccccc1)[C@@H](OC(=O)Nc1ccc2c(c1)OCO2)c1ccc(O)cc1. The van der Waals surface area contributed by atoms with Crippen LogP contribution >= 0.6 is 0 Å². The zero-order valence-corrected chi connectivity index (χ0v) is 19.2. The number of hydrogen-bond donors (Lipinski definition) is 3. The number of carbonyl (C=O) groups is 2. The van der Waals surface area contributed by atoms with Gasteiger partial charge in [0.25, 0.3) is 0 Å². The van der Waals surface area contributed by atoms with Crippen LogP contribution in [0.2, 0.25) is 0 Å². The summed E-state index contributed by atoms with van der Waals surface area (Å²) in [7, 11) is 0. The predicted octanol–water partition coefficient (Wildman–Crippen LogP) is 5.28. The number of anilines is 1. The van der Waals surface area contributed by atoms with E-state index < -0.39 is 24.3 Å². The lowest BCUT2D eigenvalue weighted by atomic mass is 10.00. The number of aromatic hydroxyl groups is 1. The van der Waals surface area contributed by atoms with Crippen LogP contribution < -0.4 is 19.5 Å². The molecule has 0 unspecified atom stereocenters. The summed E-state index contributed by atoms with van der Waals surface area (Å²) in [6.07, 6.45) is 1.02. The molecular weight excluding hydrogens is 466 g/mol. The molecule has 1 heterocycles. The Morgan fingerprint density at radius 3 is 2.50 bits per heavy atom. The van der Waals surface area contributed by atoms with Crippen LogP contribution in [0.25, 0.3) is 0 Å². The van der Waals surface area contributed by atoms with E-state index in [-0.39, 0.29) is 12.5 Å². The van der Waals surface area contributed by atoms with Crippen LogP contribution in [-0.4, -0.2) is 35.2 Å². The molecule has 9 nitrogen and oxygen atoms in total. The largest absolute Gasteiger partial charge is 0.508 e. The van der Waals surface area contributed by atoms with Crippen molar-refractivity contribution in [3.8, 4) is 23.0 Å². The Labute approximate surface area is 207 Å². The molecular formula is C27H25NO8.